The van der Waals surface area contributed by atoms with Crippen molar-refractivity contribution in [1.82, 2.24) is 9.88 Å². The molecule has 0 radical (unpaired) electrons. The molecule has 3 aromatic rings. The zero-order valence-electron chi connectivity index (χ0n) is 16.1. The van der Waals surface area contributed by atoms with Gasteiger partial charge in [-0.15, -0.1) is 6.58 Å². The number of oxazole rings is 1. The van der Waals surface area contributed by atoms with Crippen molar-refractivity contribution in [2.24, 2.45) is 0 Å². The van der Waals surface area contributed by atoms with Crippen molar-refractivity contribution >= 4 is 29.1 Å². The highest BCUT2D eigenvalue weighted by Crippen LogP contribution is 2.30. The lowest BCUT2D eigenvalue weighted by molar-refractivity contribution is -0.131. The molecule has 1 heterocycles. The smallest absolute Gasteiger partial charge is 0.223 e. The van der Waals surface area contributed by atoms with Gasteiger partial charge in [-0.1, -0.05) is 41.4 Å². The molecule has 0 atom stereocenters. The van der Waals surface area contributed by atoms with Gasteiger partial charge in [-0.25, -0.2) is 4.98 Å². The van der Waals surface area contributed by atoms with Crippen LogP contribution in [0.1, 0.15) is 23.4 Å². The van der Waals surface area contributed by atoms with Crippen molar-refractivity contribution in [3.8, 4) is 17.4 Å². The van der Waals surface area contributed by atoms with E-state index in [9.17, 15) is 4.79 Å². The van der Waals surface area contributed by atoms with Gasteiger partial charge in [0, 0.05) is 36.5 Å². The molecule has 3 rings (SSSR count). The van der Waals surface area contributed by atoms with Crippen LogP contribution in [0.4, 0.5) is 0 Å². The minimum absolute atomic E-state index is 0.0384. The Morgan fingerprint density at radius 2 is 2.00 bits per heavy atom. The van der Waals surface area contributed by atoms with Gasteiger partial charge >= 0.3 is 0 Å². The number of benzene rings is 2. The summed E-state index contributed by atoms with van der Waals surface area (Å²) in [5, 5.41) is 9.92. The maximum Gasteiger partial charge on any atom is 0.223 e. The van der Waals surface area contributed by atoms with Gasteiger partial charge in [0.05, 0.1) is 22.9 Å². The lowest BCUT2D eigenvalue weighted by atomic mass is 10.1. The number of amides is 1. The van der Waals surface area contributed by atoms with E-state index in [0.717, 1.165) is 5.56 Å². The second-order valence-electron chi connectivity index (χ2n) is 6.61. The van der Waals surface area contributed by atoms with Crippen LogP contribution < -0.4 is 0 Å². The van der Waals surface area contributed by atoms with Crippen molar-refractivity contribution in [3.05, 3.63) is 88.4 Å². The number of carbonyl (C=O) groups is 1. The number of hydrogen-bond acceptors (Lipinski definition) is 4. The Kier molecular flexibility index (Phi) is 7.29. The van der Waals surface area contributed by atoms with Crippen molar-refractivity contribution in [2.75, 3.05) is 6.54 Å². The average Bonchev–Trinajstić information content (AvgIpc) is 3.21. The van der Waals surface area contributed by atoms with Crippen molar-refractivity contribution < 1.29 is 9.21 Å². The number of nitriles is 1. The van der Waals surface area contributed by atoms with E-state index in [4.69, 9.17) is 32.9 Å². The minimum atomic E-state index is -0.0384. The highest BCUT2D eigenvalue weighted by molar-refractivity contribution is 6.36. The molecule has 1 amide bonds. The molecule has 0 aliphatic carbocycles. The zero-order chi connectivity index (χ0) is 21.5. The Labute approximate surface area is 185 Å². The largest absolute Gasteiger partial charge is 0.441 e. The Morgan fingerprint density at radius 1 is 1.23 bits per heavy atom. The quantitative estimate of drug-likeness (QED) is 0.424. The normalized spacial score (nSPS) is 10.4. The molecule has 0 N–H and O–H groups in total. The lowest BCUT2D eigenvalue weighted by Gasteiger charge is -2.21. The molecule has 0 fully saturated rings. The van der Waals surface area contributed by atoms with Crippen molar-refractivity contribution in [1.29, 1.82) is 5.26 Å². The zero-order valence-corrected chi connectivity index (χ0v) is 17.7. The molecule has 5 nitrogen and oxygen atoms in total. The fourth-order valence-electron chi connectivity index (χ4n) is 2.93. The third kappa shape index (κ3) is 5.50. The van der Waals surface area contributed by atoms with E-state index in [2.05, 4.69) is 17.6 Å². The first-order chi connectivity index (χ1) is 14.5. The highest BCUT2D eigenvalue weighted by atomic mass is 35.5. The highest BCUT2D eigenvalue weighted by Gasteiger charge is 2.16. The number of aryl methyl sites for hydroxylation is 1. The van der Waals surface area contributed by atoms with Crippen LogP contribution >= 0.6 is 23.2 Å². The van der Waals surface area contributed by atoms with Crippen LogP contribution in [0.25, 0.3) is 11.3 Å². The lowest BCUT2D eigenvalue weighted by Crippen LogP contribution is -2.30. The summed E-state index contributed by atoms with van der Waals surface area (Å²) in [5.41, 5.74) is 2.22. The number of hydrogen-bond donors (Lipinski definition) is 0. The Bertz CT molecular complexity index is 1080. The number of halogens is 2. The topological polar surface area (TPSA) is 70.1 Å². The number of nitrogens with zero attached hydrogens (tertiary/aromatic N) is 3. The summed E-state index contributed by atoms with van der Waals surface area (Å²) in [4.78, 5) is 18.7. The van der Waals surface area contributed by atoms with Gasteiger partial charge < -0.3 is 9.32 Å². The molecule has 0 aliphatic rings. The van der Waals surface area contributed by atoms with Gasteiger partial charge in [0.2, 0.25) is 5.91 Å². The summed E-state index contributed by atoms with van der Waals surface area (Å²) in [5.74, 6) is 0.949. The van der Waals surface area contributed by atoms with Crippen LogP contribution in [0.2, 0.25) is 10.0 Å². The Balaban J connectivity index is 1.63. The van der Waals surface area contributed by atoms with Gasteiger partial charge in [0.25, 0.3) is 0 Å². The van der Waals surface area contributed by atoms with Crippen LogP contribution in [-0.4, -0.2) is 22.3 Å². The molecular weight excluding hydrogens is 421 g/mol. The van der Waals surface area contributed by atoms with Crippen molar-refractivity contribution in [2.45, 2.75) is 19.4 Å². The average molecular weight is 440 g/mol. The van der Waals surface area contributed by atoms with E-state index < -0.39 is 0 Å². The molecule has 7 heteroatoms. The third-order valence-electron chi connectivity index (χ3n) is 4.46. The second-order valence-corrected chi connectivity index (χ2v) is 7.46. The number of rotatable bonds is 8. The van der Waals surface area contributed by atoms with E-state index in [1.54, 1.807) is 47.5 Å². The molecule has 30 heavy (non-hydrogen) atoms. The molecule has 0 bridgehead atoms. The predicted molar refractivity (Wildman–Crippen MR) is 117 cm³/mol. The predicted octanol–water partition coefficient (Wildman–Crippen LogP) is 5.67. The molecule has 2 aromatic carbocycles. The molecule has 152 valence electrons. The fraction of sp³-hybridized carbons (Fsp3) is 0.174. The molecular formula is C23H19Cl2N3O2. The van der Waals surface area contributed by atoms with E-state index in [0.29, 0.717) is 52.3 Å². The second kappa shape index (κ2) is 10.1. The monoisotopic (exact) mass is 439 g/mol. The maximum atomic E-state index is 12.7. The van der Waals surface area contributed by atoms with Gasteiger partial charge in [0.15, 0.2) is 11.7 Å². The Morgan fingerprint density at radius 3 is 2.67 bits per heavy atom. The van der Waals surface area contributed by atoms with E-state index in [-0.39, 0.29) is 12.3 Å². The molecule has 0 spiro atoms. The van der Waals surface area contributed by atoms with Crippen LogP contribution in [0.5, 0.6) is 0 Å². The maximum absolute atomic E-state index is 12.7. The first kappa shape index (κ1) is 21.6. The van der Waals surface area contributed by atoms with Crippen LogP contribution in [0.15, 0.2) is 65.7 Å². The molecule has 0 unspecified atom stereocenters. The fourth-order valence-corrected chi connectivity index (χ4v) is 3.43. The van der Waals surface area contributed by atoms with Crippen LogP contribution in [-0.2, 0) is 17.8 Å². The molecule has 0 saturated heterocycles. The van der Waals surface area contributed by atoms with Gasteiger partial charge in [-0.2, -0.15) is 5.26 Å². The Hall–Kier alpha value is -3.07. The van der Waals surface area contributed by atoms with Gasteiger partial charge in [-0.05, 0) is 35.9 Å². The molecule has 0 saturated carbocycles. The molecule has 1 aromatic heterocycles. The summed E-state index contributed by atoms with van der Waals surface area (Å²) in [7, 11) is 0. The van der Waals surface area contributed by atoms with Gasteiger partial charge in [0.1, 0.15) is 0 Å². The third-order valence-corrected chi connectivity index (χ3v) is 5.01. The van der Waals surface area contributed by atoms with Crippen molar-refractivity contribution in [3.63, 3.8) is 0 Å². The summed E-state index contributed by atoms with van der Waals surface area (Å²) in [6.07, 6.45) is 3.89. The number of aromatic nitrogens is 1. The standard InChI is InChI=1S/C23H19Cl2N3O2/c1-2-11-28(15-17-5-3-16(13-26)4-6-17)23(29)10-9-22-27-14-21(30-22)19-8-7-18(24)12-20(19)25/h2-8,12,14H,1,9-11,15H2. The summed E-state index contributed by atoms with van der Waals surface area (Å²) in [6.45, 7) is 4.60. The van der Waals surface area contributed by atoms with E-state index >= 15 is 0 Å². The first-order valence-corrected chi connectivity index (χ1v) is 10.0. The number of carbonyl (C=O) groups excluding carboxylic acids is 1. The minimum Gasteiger partial charge on any atom is -0.441 e. The summed E-state index contributed by atoms with van der Waals surface area (Å²) in [6, 6.07) is 14.4. The van der Waals surface area contributed by atoms with E-state index in [1.807, 2.05) is 12.1 Å². The van der Waals surface area contributed by atoms with E-state index in [1.165, 1.54) is 0 Å². The van der Waals surface area contributed by atoms with Crippen LogP contribution in [0, 0.1) is 11.3 Å². The summed E-state index contributed by atoms with van der Waals surface area (Å²) >= 11 is 12.1. The van der Waals surface area contributed by atoms with Crippen LogP contribution in [0.3, 0.4) is 0 Å². The summed E-state index contributed by atoms with van der Waals surface area (Å²) < 4.78 is 5.76. The van der Waals surface area contributed by atoms with Gasteiger partial charge in [-0.3, -0.25) is 4.79 Å². The first-order valence-electron chi connectivity index (χ1n) is 9.28. The molecule has 0 aliphatic heterocycles. The SMILES string of the molecule is C=CCN(Cc1ccc(C#N)cc1)C(=O)CCc1ncc(-c2ccc(Cl)cc2Cl)o1.